The molecular weight excluding hydrogens is 232 g/mol. The van der Waals surface area contributed by atoms with Crippen molar-refractivity contribution < 1.29 is 9.59 Å². The highest BCUT2D eigenvalue weighted by Crippen LogP contribution is 2.11. The summed E-state index contributed by atoms with van der Waals surface area (Å²) in [7, 11) is 0. The Labute approximate surface area is 107 Å². The second kappa shape index (κ2) is 5.48. The fraction of sp³-hybridized carbons (Fsp3) is 0.750. The second-order valence-corrected chi connectivity index (χ2v) is 4.82. The molecule has 100 valence electrons. The van der Waals surface area contributed by atoms with Crippen molar-refractivity contribution >= 4 is 17.5 Å². The average molecular weight is 252 g/mol. The van der Waals surface area contributed by atoms with Crippen LogP contribution in [-0.4, -0.2) is 59.5 Å². The van der Waals surface area contributed by atoms with E-state index in [2.05, 4.69) is 29.3 Å². The largest absolute Gasteiger partial charge is 0.335 e. The molecule has 0 aromatic rings. The van der Waals surface area contributed by atoms with Crippen LogP contribution in [0.5, 0.6) is 0 Å². The smallest absolute Gasteiger partial charge is 0.270 e. The molecule has 18 heavy (non-hydrogen) atoms. The minimum absolute atomic E-state index is 0.0300. The lowest BCUT2D eigenvalue weighted by atomic mass is 10.1. The number of likely N-dealkylation sites (N-methyl/N-ethyl adjacent to an activating group) is 1. The average Bonchev–Trinajstić information content (AvgIpc) is 2.38. The Morgan fingerprint density at radius 2 is 2.22 bits per heavy atom. The van der Waals surface area contributed by atoms with Gasteiger partial charge < -0.3 is 4.90 Å². The third kappa shape index (κ3) is 2.69. The van der Waals surface area contributed by atoms with Crippen LogP contribution >= 0.6 is 0 Å². The summed E-state index contributed by atoms with van der Waals surface area (Å²) >= 11 is 0. The number of hydrogen-bond acceptors (Lipinski definition) is 4. The standard InChI is InChI=1S/C12H20N4O2/c1-3-15-6-7-16(8-9(15)2)12(18)10-4-5-11(17)14-13-10/h9H,3-8H2,1-2H3,(H,14,17). The first-order chi connectivity index (χ1) is 8.61. The number of hydrazone groups is 1. The lowest BCUT2D eigenvalue weighted by Gasteiger charge is -2.39. The van der Waals surface area contributed by atoms with E-state index in [0.717, 1.165) is 26.2 Å². The van der Waals surface area contributed by atoms with Crippen molar-refractivity contribution in [3.05, 3.63) is 0 Å². The zero-order valence-corrected chi connectivity index (χ0v) is 11.0. The van der Waals surface area contributed by atoms with E-state index in [9.17, 15) is 9.59 Å². The van der Waals surface area contributed by atoms with Gasteiger partial charge in [-0.15, -0.1) is 0 Å². The van der Waals surface area contributed by atoms with E-state index >= 15 is 0 Å². The molecule has 6 nitrogen and oxygen atoms in total. The summed E-state index contributed by atoms with van der Waals surface area (Å²) in [5.41, 5.74) is 2.85. The molecule has 0 aliphatic carbocycles. The van der Waals surface area contributed by atoms with E-state index < -0.39 is 0 Å². The maximum Gasteiger partial charge on any atom is 0.270 e. The van der Waals surface area contributed by atoms with Crippen LogP contribution in [0.25, 0.3) is 0 Å². The van der Waals surface area contributed by atoms with Gasteiger partial charge in [0, 0.05) is 38.5 Å². The van der Waals surface area contributed by atoms with E-state index in [1.54, 1.807) is 0 Å². The van der Waals surface area contributed by atoms with Crippen molar-refractivity contribution in [2.45, 2.75) is 32.7 Å². The molecule has 0 spiro atoms. The van der Waals surface area contributed by atoms with Crippen molar-refractivity contribution in [1.82, 2.24) is 15.2 Å². The molecule has 6 heteroatoms. The van der Waals surface area contributed by atoms with Gasteiger partial charge >= 0.3 is 0 Å². The highest BCUT2D eigenvalue weighted by molar-refractivity contribution is 6.39. The van der Waals surface area contributed by atoms with Crippen molar-refractivity contribution in [3.8, 4) is 0 Å². The summed E-state index contributed by atoms with van der Waals surface area (Å²) in [5.74, 6) is -0.145. The maximum absolute atomic E-state index is 12.2. The van der Waals surface area contributed by atoms with Crippen LogP contribution < -0.4 is 5.43 Å². The van der Waals surface area contributed by atoms with Crippen LogP contribution in [0.15, 0.2) is 5.10 Å². The second-order valence-electron chi connectivity index (χ2n) is 4.82. The first-order valence-electron chi connectivity index (χ1n) is 6.50. The van der Waals surface area contributed by atoms with E-state index in [0.29, 0.717) is 24.6 Å². The first-order valence-corrected chi connectivity index (χ1v) is 6.50. The Bertz CT molecular complexity index is 380. The summed E-state index contributed by atoms with van der Waals surface area (Å²) in [6.07, 6.45) is 0.808. The number of nitrogens with zero attached hydrogens (tertiary/aromatic N) is 3. The third-order valence-corrected chi connectivity index (χ3v) is 3.61. The molecular formula is C12H20N4O2. The summed E-state index contributed by atoms with van der Waals surface area (Å²) in [4.78, 5) is 27.4. The van der Waals surface area contributed by atoms with Gasteiger partial charge in [-0.3, -0.25) is 14.5 Å². The van der Waals surface area contributed by atoms with Crippen LogP contribution in [-0.2, 0) is 9.59 Å². The topological polar surface area (TPSA) is 65.0 Å². The molecule has 0 bridgehead atoms. The number of nitrogens with one attached hydrogen (secondary N) is 1. The SMILES string of the molecule is CCN1CCN(C(=O)C2=NNC(=O)CC2)CC1C. The molecule has 0 aromatic heterocycles. The minimum atomic E-state index is -0.115. The van der Waals surface area contributed by atoms with E-state index in [1.807, 2.05) is 4.90 Å². The fourth-order valence-electron chi connectivity index (χ4n) is 2.46. The monoisotopic (exact) mass is 252 g/mol. The van der Waals surface area contributed by atoms with Gasteiger partial charge in [0.2, 0.25) is 5.91 Å². The van der Waals surface area contributed by atoms with E-state index in [4.69, 9.17) is 0 Å². The quantitative estimate of drug-likeness (QED) is 0.740. The molecule has 2 rings (SSSR count). The van der Waals surface area contributed by atoms with Crippen molar-refractivity contribution in [2.75, 3.05) is 26.2 Å². The lowest BCUT2D eigenvalue weighted by Crippen LogP contribution is -2.55. The van der Waals surface area contributed by atoms with Crippen LogP contribution in [0.2, 0.25) is 0 Å². The molecule has 2 aliphatic rings. The van der Waals surface area contributed by atoms with E-state index in [1.165, 1.54) is 0 Å². The predicted molar refractivity (Wildman–Crippen MR) is 68.1 cm³/mol. The highest BCUT2D eigenvalue weighted by Gasteiger charge is 2.29. The first kappa shape index (κ1) is 13.0. The molecule has 2 aliphatic heterocycles. The molecule has 1 atom stereocenters. The number of carbonyl (C=O) groups excluding carboxylic acids is 2. The minimum Gasteiger partial charge on any atom is -0.335 e. The van der Waals surface area contributed by atoms with E-state index in [-0.39, 0.29) is 11.8 Å². The van der Waals surface area contributed by atoms with Gasteiger partial charge in [0.1, 0.15) is 5.71 Å². The van der Waals surface area contributed by atoms with Crippen LogP contribution in [0.4, 0.5) is 0 Å². The molecule has 1 unspecified atom stereocenters. The normalized spacial score (nSPS) is 25.7. The zero-order valence-electron chi connectivity index (χ0n) is 11.0. The van der Waals surface area contributed by atoms with Crippen LogP contribution in [0.1, 0.15) is 26.7 Å². The van der Waals surface area contributed by atoms with Gasteiger partial charge in [-0.25, -0.2) is 5.43 Å². The summed E-state index contributed by atoms with van der Waals surface area (Å²) < 4.78 is 0. The molecule has 2 amide bonds. The Kier molecular flexibility index (Phi) is 3.96. The van der Waals surface area contributed by atoms with Crippen LogP contribution in [0, 0.1) is 0 Å². The Morgan fingerprint density at radius 1 is 1.44 bits per heavy atom. The number of carbonyl (C=O) groups is 2. The Morgan fingerprint density at radius 3 is 2.78 bits per heavy atom. The lowest BCUT2D eigenvalue weighted by molar-refractivity contribution is -0.127. The van der Waals surface area contributed by atoms with Gasteiger partial charge in [-0.1, -0.05) is 6.92 Å². The van der Waals surface area contributed by atoms with Crippen molar-refractivity contribution in [3.63, 3.8) is 0 Å². The number of hydrogen-bond donors (Lipinski definition) is 1. The summed E-state index contributed by atoms with van der Waals surface area (Å²) in [5, 5.41) is 3.86. The Hall–Kier alpha value is -1.43. The van der Waals surface area contributed by atoms with Gasteiger partial charge in [0.25, 0.3) is 5.91 Å². The number of rotatable bonds is 2. The maximum atomic E-state index is 12.2. The molecule has 1 N–H and O–H groups in total. The zero-order chi connectivity index (χ0) is 13.1. The number of amides is 2. The predicted octanol–water partition coefficient (Wildman–Crippen LogP) is -0.195. The Balaban J connectivity index is 1.96. The number of piperazine rings is 1. The van der Waals surface area contributed by atoms with Gasteiger partial charge in [-0.2, -0.15) is 5.10 Å². The molecule has 1 fully saturated rings. The van der Waals surface area contributed by atoms with Crippen molar-refractivity contribution in [1.29, 1.82) is 0 Å². The molecule has 0 saturated carbocycles. The summed E-state index contributed by atoms with van der Waals surface area (Å²) in [6, 6.07) is 0.381. The van der Waals surface area contributed by atoms with Crippen molar-refractivity contribution in [2.24, 2.45) is 5.10 Å². The third-order valence-electron chi connectivity index (χ3n) is 3.61. The van der Waals surface area contributed by atoms with Gasteiger partial charge in [0.05, 0.1) is 0 Å². The molecule has 2 heterocycles. The van der Waals surface area contributed by atoms with Crippen LogP contribution in [0.3, 0.4) is 0 Å². The van der Waals surface area contributed by atoms with Gasteiger partial charge in [0.15, 0.2) is 0 Å². The fourth-order valence-corrected chi connectivity index (χ4v) is 2.46. The molecule has 0 aromatic carbocycles. The highest BCUT2D eigenvalue weighted by atomic mass is 16.2. The molecule has 0 radical (unpaired) electrons. The summed E-state index contributed by atoms with van der Waals surface area (Å²) in [6.45, 7) is 7.66. The van der Waals surface area contributed by atoms with Gasteiger partial charge in [-0.05, 0) is 13.5 Å². The molecule has 1 saturated heterocycles.